The molecule has 0 saturated heterocycles. The van der Waals surface area contributed by atoms with Crippen LogP contribution in [-0.4, -0.2) is 16.6 Å². The standard InChI is InChI=1S/C12H18N2OS/c1-4-5-6-15-10-7-8(2)14-9(3)11(10)12(13)16/h7H,4-6H2,1-3H3,(H2,13,16). The molecular weight excluding hydrogens is 220 g/mol. The lowest BCUT2D eigenvalue weighted by Crippen LogP contribution is -2.15. The number of aryl methyl sites for hydroxylation is 2. The lowest BCUT2D eigenvalue weighted by atomic mass is 10.1. The Hall–Kier alpha value is -1.16. The van der Waals surface area contributed by atoms with Crippen molar-refractivity contribution in [1.82, 2.24) is 4.98 Å². The second-order valence-electron chi connectivity index (χ2n) is 3.79. The molecule has 0 saturated carbocycles. The summed E-state index contributed by atoms with van der Waals surface area (Å²) in [7, 11) is 0. The van der Waals surface area contributed by atoms with Crippen molar-refractivity contribution in [2.75, 3.05) is 6.61 Å². The van der Waals surface area contributed by atoms with Crippen molar-refractivity contribution in [3.63, 3.8) is 0 Å². The van der Waals surface area contributed by atoms with Crippen LogP contribution in [0.25, 0.3) is 0 Å². The lowest BCUT2D eigenvalue weighted by molar-refractivity contribution is 0.308. The molecule has 0 spiro atoms. The summed E-state index contributed by atoms with van der Waals surface area (Å²) in [6.45, 7) is 6.65. The van der Waals surface area contributed by atoms with E-state index in [2.05, 4.69) is 11.9 Å². The van der Waals surface area contributed by atoms with Crippen LogP contribution in [0, 0.1) is 13.8 Å². The van der Waals surface area contributed by atoms with Crippen molar-refractivity contribution in [2.45, 2.75) is 33.6 Å². The van der Waals surface area contributed by atoms with Crippen LogP contribution < -0.4 is 10.5 Å². The van der Waals surface area contributed by atoms with Crippen molar-refractivity contribution < 1.29 is 4.74 Å². The van der Waals surface area contributed by atoms with Gasteiger partial charge in [-0.05, 0) is 20.3 Å². The summed E-state index contributed by atoms with van der Waals surface area (Å²) in [4.78, 5) is 4.68. The summed E-state index contributed by atoms with van der Waals surface area (Å²) in [5.41, 5.74) is 8.19. The maximum absolute atomic E-state index is 5.69. The highest BCUT2D eigenvalue weighted by Gasteiger charge is 2.11. The number of rotatable bonds is 5. The van der Waals surface area contributed by atoms with Crippen molar-refractivity contribution in [3.8, 4) is 5.75 Å². The van der Waals surface area contributed by atoms with E-state index in [0.717, 1.165) is 35.5 Å². The van der Waals surface area contributed by atoms with Gasteiger partial charge < -0.3 is 10.5 Å². The first-order valence-electron chi connectivity index (χ1n) is 5.47. The number of ether oxygens (including phenoxy) is 1. The second-order valence-corrected chi connectivity index (χ2v) is 4.23. The Morgan fingerprint density at radius 1 is 1.50 bits per heavy atom. The van der Waals surface area contributed by atoms with Gasteiger partial charge in [0.2, 0.25) is 0 Å². The van der Waals surface area contributed by atoms with Gasteiger partial charge in [-0.2, -0.15) is 0 Å². The molecular formula is C12H18N2OS. The first-order chi connectivity index (χ1) is 7.56. The van der Waals surface area contributed by atoms with E-state index in [0.29, 0.717) is 11.6 Å². The van der Waals surface area contributed by atoms with Gasteiger partial charge in [0.15, 0.2) is 0 Å². The fourth-order valence-corrected chi connectivity index (χ4v) is 1.78. The van der Waals surface area contributed by atoms with Gasteiger partial charge in [0, 0.05) is 11.8 Å². The molecule has 3 nitrogen and oxygen atoms in total. The fourth-order valence-electron chi connectivity index (χ4n) is 1.53. The molecule has 16 heavy (non-hydrogen) atoms. The Balaban J connectivity index is 2.99. The summed E-state index contributed by atoms with van der Waals surface area (Å²) in [6, 6.07) is 1.89. The maximum Gasteiger partial charge on any atom is 0.133 e. The Bertz CT molecular complexity index is 391. The molecule has 0 aliphatic rings. The zero-order chi connectivity index (χ0) is 12.1. The van der Waals surface area contributed by atoms with Crippen LogP contribution >= 0.6 is 12.2 Å². The highest BCUT2D eigenvalue weighted by Crippen LogP contribution is 2.22. The number of thiocarbonyl (C=S) groups is 1. The predicted octanol–water partition coefficient (Wildman–Crippen LogP) is 2.51. The topological polar surface area (TPSA) is 48.1 Å². The van der Waals surface area contributed by atoms with Crippen LogP contribution in [0.15, 0.2) is 6.07 Å². The number of unbranched alkanes of at least 4 members (excludes halogenated alkanes) is 1. The largest absolute Gasteiger partial charge is 0.493 e. The van der Waals surface area contributed by atoms with E-state index in [1.165, 1.54) is 0 Å². The zero-order valence-corrected chi connectivity index (χ0v) is 10.9. The fraction of sp³-hybridized carbons (Fsp3) is 0.500. The molecule has 0 atom stereocenters. The minimum absolute atomic E-state index is 0.344. The van der Waals surface area contributed by atoms with E-state index in [4.69, 9.17) is 22.7 Å². The number of nitrogens with zero attached hydrogens (tertiary/aromatic N) is 1. The Morgan fingerprint density at radius 3 is 2.75 bits per heavy atom. The number of nitrogens with two attached hydrogens (primary N) is 1. The van der Waals surface area contributed by atoms with Gasteiger partial charge >= 0.3 is 0 Å². The molecule has 0 aliphatic heterocycles. The summed E-state index contributed by atoms with van der Waals surface area (Å²) in [5, 5.41) is 0. The maximum atomic E-state index is 5.69. The molecule has 0 aliphatic carbocycles. The van der Waals surface area contributed by atoms with Crippen LogP contribution in [0.5, 0.6) is 5.75 Å². The van der Waals surface area contributed by atoms with Crippen molar-refractivity contribution >= 4 is 17.2 Å². The molecule has 88 valence electrons. The Labute approximate surface area is 102 Å². The average Bonchev–Trinajstić information content (AvgIpc) is 2.16. The van der Waals surface area contributed by atoms with Gasteiger partial charge in [-0.1, -0.05) is 25.6 Å². The highest BCUT2D eigenvalue weighted by molar-refractivity contribution is 7.80. The first kappa shape index (κ1) is 12.9. The smallest absolute Gasteiger partial charge is 0.133 e. The molecule has 0 radical (unpaired) electrons. The molecule has 1 rings (SSSR count). The third kappa shape index (κ3) is 3.17. The van der Waals surface area contributed by atoms with Gasteiger partial charge in [0.05, 0.1) is 17.9 Å². The Morgan fingerprint density at radius 2 is 2.19 bits per heavy atom. The van der Waals surface area contributed by atoms with Crippen molar-refractivity contribution in [2.24, 2.45) is 5.73 Å². The summed E-state index contributed by atoms with van der Waals surface area (Å²) in [5.74, 6) is 0.756. The Kier molecular flexibility index (Phi) is 4.68. The molecule has 1 heterocycles. The number of pyridine rings is 1. The second kappa shape index (κ2) is 5.80. The molecule has 0 fully saturated rings. The molecule has 0 amide bonds. The van der Waals surface area contributed by atoms with Crippen LogP contribution in [-0.2, 0) is 0 Å². The van der Waals surface area contributed by atoms with Gasteiger partial charge in [0.1, 0.15) is 10.7 Å². The van der Waals surface area contributed by atoms with Crippen LogP contribution in [0.2, 0.25) is 0 Å². The summed E-state index contributed by atoms with van der Waals surface area (Å²) < 4.78 is 5.69. The van der Waals surface area contributed by atoms with E-state index in [9.17, 15) is 0 Å². The lowest BCUT2D eigenvalue weighted by Gasteiger charge is -2.13. The molecule has 1 aromatic heterocycles. The molecule has 0 aromatic carbocycles. The van der Waals surface area contributed by atoms with Gasteiger partial charge in [-0.3, -0.25) is 4.98 Å². The van der Waals surface area contributed by atoms with Crippen molar-refractivity contribution in [1.29, 1.82) is 0 Å². The highest BCUT2D eigenvalue weighted by atomic mass is 32.1. The van der Waals surface area contributed by atoms with Crippen LogP contribution in [0.3, 0.4) is 0 Å². The molecule has 2 N–H and O–H groups in total. The third-order valence-corrected chi connectivity index (χ3v) is 2.50. The van der Waals surface area contributed by atoms with Crippen LogP contribution in [0.4, 0.5) is 0 Å². The zero-order valence-electron chi connectivity index (χ0n) is 10.0. The molecule has 4 heteroatoms. The van der Waals surface area contributed by atoms with E-state index >= 15 is 0 Å². The van der Waals surface area contributed by atoms with Gasteiger partial charge in [-0.25, -0.2) is 0 Å². The van der Waals surface area contributed by atoms with E-state index in [1.807, 2.05) is 19.9 Å². The molecule has 0 unspecified atom stereocenters. The number of hydrogen-bond donors (Lipinski definition) is 1. The normalized spacial score (nSPS) is 10.2. The first-order valence-corrected chi connectivity index (χ1v) is 5.88. The predicted molar refractivity (Wildman–Crippen MR) is 70.0 cm³/mol. The molecule has 1 aromatic rings. The average molecular weight is 238 g/mol. The minimum atomic E-state index is 0.344. The number of aromatic nitrogens is 1. The van der Waals surface area contributed by atoms with Crippen LogP contribution in [0.1, 0.15) is 36.7 Å². The van der Waals surface area contributed by atoms with E-state index in [1.54, 1.807) is 0 Å². The molecule has 0 bridgehead atoms. The third-order valence-electron chi connectivity index (χ3n) is 2.29. The minimum Gasteiger partial charge on any atom is -0.493 e. The summed E-state index contributed by atoms with van der Waals surface area (Å²) >= 11 is 5.02. The van der Waals surface area contributed by atoms with Gasteiger partial charge in [0.25, 0.3) is 0 Å². The van der Waals surface area contributed by atoms with E-state index in [-0.39, 0.29) is 0 Å². The SMILES string of the molecule is CCCCOc1cc(C)nc(C)c1C(N)=S. The quantitative estimate of drug-likeness (QED) is 0.632. The van der Waals surface area contributed by atoms with E-state index < -0.39 is 0 Å². The number of hydrogen-bond acceptors (Lipinski definition) is 3. The van der Waals surface area contributed by atoms with Gasteiger partial charge in [-0.15, -0.1) is 0 Å². The monoisotopic (exact) mass is 238 g/mol. The van der Waals surface area contributed by atoms with Crippen molar-refractivity contribution in [3.05, 3.63) is 23.0 Å². The summed E-state index contributed by atoms with van der Waals surface area (Å²) in [6.07, 6.45) is 2.13.